The predicted octanol–water partition coefficient (Wildman–Crippen LogP) is 4.26. The monoisotopic (exact) mass is 390 g/mol. The first-order valence-corrected chi connectivity index (χ1v) is 9.31. The fraction of sp³-hybridized carbons (Fsp3) is 0.200. The number of nitrogens with zero attached hydrogens (tertiary/aromatic N) is 1. The van der Waals surface area contributed by atoms with Crippen LogP contribution in [-0.2, 0) is 10.0 Å². The van der Waals surface area contributed by atoms with Crippen LogP contribution in [0, 0.1) is 6.92 Å². The summed E-state index contributed by atoms with van der Waals surface area (Å²) in [5.74, 6) is -0.484. The Morgan fingerprint density at radius 2 is 1.96 bits per heavy atom. The molecule has 0 aliphatic heterocycles. The molecule has 0 amide bonds. The SMILES string of the molecule is Cc1cc2cc(OC(F)(F)F)cc(N(C)S(=O)(=O)c3cccs3)c2[nH]1. The van der Waals surface area contributed by atoms with Crippen LogP contribution < -0.4 is 9.04 Å². The van der Waals surface area contributed by atoms with Crippen molar-refractivity contribution in [2.24, 2.45) is 0 Å². The van der Waals surface area contributed by atoms with Gasteiger partial charge in [-0.1, -0.05) is 6.07 Å². The van der Waals surface area contributed by atoms with Gasteiger partial charge in [0.25, 0.3) is 10.0 Å². The average Bonchev–Trinajstić information content (AvgIpc) is 3.12. The lowest BCUT2D eigenvalue weighted by molar-refractivity contribution is -0.274. The number of benzene rings is 1. The Morgan fingerprint density at radius 1 is 1.24 bits per heavy atom. The molecular formula is C15H13F3N2O3S2. The van der Waals surface area contributed by atoms with E-state index in [0.29, 0.717) is 16.6 Å². The Bertz CT molecular complexity index is 1010. The minimum atomic E-state index is -4.87. The third-order valence-electron chi connectivity index (χ3n) is 3.50. The number of alkyl halides is 3. The van der Waals surface area contributed by atoms with Crippen molar-refractivity contribution < 1.29 is 26.3 Å². The van der Waals surface area contributed by atoms with Crippen molar-refractivity contribution in [1.29, 1.82) is 0 Å². The average molecular weight is 390 g/mol. The van der Waals surface area contributed by atoms with Crippen LogP contribution in [0.25, 0.3) is 10.9 Å². The van der Waals surface area contributed by atoms with Crippen LogP contribution >= 0.6 is 11.3 Å². The molecule has 1 N–H and O–H groups in total. The van der Waals surface area contributed by atoms with Crippen molar-refractivity contribution in [3.8, 4) is 5.75 Å². The second-order valence-corrected chi connectivity index (χ2v) is 8.46. The molecule has 0 aliphatic carbocycles. The van der Waals surface area contributed by atoms with Crippen molar-refractivity contribution in [3.63, 3.8) is 0 Å². The number of aryl methyl sites for hydroxylation is 1. The van der Waals surface area contributed by atoms with Gasteiger partial charge in [-0.25, -0.2) is 8.42 Å². The van der Waals surface area contributed by atoms with Gasteiger partial charge in [0.2, 0.25) is 0 Å². The Kier molecular flexibility index (Phi) is 4.20. The van der Waals surface area contributed by atoms with Crippen LogP contribution in [0.4, 0.5) is 18.9 Å². The van der Waals surface area contributed by atoms with Crippen LogP contribution in [-0.4, -0.2) is 26.8 Å². The van der Waals surface area contributed by atoms with Crippen molar-refractivity contribution in [2.75, 3.05) is 11.4 Å². The number of sulfonamides is 1. The molecule has 0 aliphatic rings. The molecule has 0 saturated carbocycles. The van der Waals surface area contributed by atoms with Crippen LogP contribution in [0.1, 0.15) is 5.69 Å². The number of aromatic nitrogens is 1. The number of hydrogen-bond donors (Lipinski definition) is 1. The van der Waals surface area contributed by atoms with E-state index in [1.54, 1.807) is 24.4 Å². The summed E-state index contributed by atoms with van der Waals surface area (Å²) in [6.45, 7) is 1.72. The Labute approximate surface area is 145 Å². The normalized spacial score (nSPS) is 12.5. The molecule has 0 fully saturated rings. The van der Waals surface area contributed by atoms with Gasteiger partial charge >= 0.3 is 6.36 Å². The van der Waals surface area contributed by atoms with E-state index in [-0.39, 0.29) is 9.90 Å². The minimum absolute atomic E-state index is 0.0678. The maximum Gasteiger partial charge on any atom is 0.573 e. The van der Waals surface area contributed by atoms with E-state index in [0.717, 1.165) is 21.7 Å². The summed E-state index contributed by atoms with van der Waals surface area (Å²) in [5.41, 5.74) is 1.16. The number of anilines is 1. The third-order valence-corrected chi connectivity index (χ3v) is 6.64. The smallest absolute Gasteiger partial charge is 0.406 e. The summed E-state index contributed by atoms with van der Waals surface area (Å²) in [5, 5.41) is 2.03. The maximum absolute atomic E-state index is 12.7. The molecule has 1 aromatic carbocycles. The zero-order valence-corrected chi connectivity index (χ0v) is 14.7. The fourth-order valence-electron chi connectivity index (χ4n) is 2.45. The van der Waals surface area contributed by atoms with E-state index < -0.39 is 22.1 Å². The zero-order chi connectivity index (χ0) is 18.4. The zero-order valence-electron chi connectivity index (χ0n) is 13.1. The molecule has 0 bridgehead atoms. The molecule has 10 heteroatoms. The van der Waals surface area contributed by atoms with Crippen LogP contribution in [0.5, 0.6) is 5.75 Å². The highest BCUT2D eigenvalue weighted by Gasteiger charge is 2.32. The second kappa shape index (κ2) is 5.95. The van der Waals surface area contributed by atoms with Gasteiger partial charge < -0.3 is 9.72 Å². The van der Waals surface area contributed by atoms with Crippen molar-refractivity contribution in [2.45, 2.75) is 17.5 Å². The van der Waals surface area contributed by atoms with E-state index in [1.165, 1.54) is 19.2 Å². The van der Waals surface area contributed by atoms with E-state index >= 15 is 0 Å². The molecule has 0 atom stereocenters. The summed E-state index contributed by atoms with van der Waals surface area (Å²) >= 11 is 1.03. The van der Waals surface area contributed by atoms with Gasteiger partial charge in [0, 0.05) is 24.2 Å². The second-order valence-electron chi connectivity index (χ2n) is 5.31. The summed E-state index contributed by atoms with van der Waals surface area (Å²) in [6, 6.07) is 6.90. The van der Waals surface area contributed by atoms with Crippen LogP contribution in [0.3, 0.4) is 0 Å². The highest BCUT2D eigenvalue weighted by Crippen LogP contribution is 2.36. The largest absolute Gasteiger partial charge is 0.573 e. The van der Waals surface area contributed by atoms with E-state index in [4.69, 9.17) is 0 Å². The van der Waals surface area contributed by atoms with Gasteiger partial charge in [0.05, 0.1) is 11.2 Å². The lowest BCUT2D eigenvalue weighted by atomic mass is 10.2. The summed E-state index contributed by atoms with van der Waals surface area (Å²) in [6.07, 6.45) is -4.87. The molecular weight excluding hydrogens is 377 g/mol. The molecule has 2 heterocycles. The molecule has 3 rings (SSSR count). The number of fused-ring (bicyclic) bond motifs is 1. The first-order chi connectivity index (χ1) is 11.6. The van der Waals surface area contributed by atoms with Crippen LogP contribution in [0.2, 0.25) is 0 Å². The lowest BCUT2D eigenvalue weighted by Crippen LogP contribution is -2.26. The molecule has 0 unspecified atom stereocenters. The highest BCUT2D eigenvalue weighted by atomic mass is 32.2. The molecule has 25 heavy (non-hydrogen) atoms. The summed E-state index contributed by atoms with van der Waals surface area (Å²) < 4.78 is 68.1. The molecule has 2 aromatic heterocycles. The van der Waals surface area contributed by atoms with E-state index in [2.05, 4.69) is 9.72 Å². The number of aromatic amines is 1. The molecule has 5 nitrogen and oxygen atoms in total. The van der Waals surface area contributed by atoms with Crippen LogP contribution in [0.15, 0.2) is 39.9 Å². The van der Waals surface area contributed by atoms with Gasteiger partial charge in [-0.3, -0.25) is 4.31 Å². The van der Waals surface area contributed by atoms with E-state index in [1.807, 2.05) is 0 Å². The summed E-state index contributed by atoms with van der Waals surface area (Å²) in [4.78, 5) is 2.98. The Hall–Kier alpha value is -2.20. The van der Waals surface area contributed by atoms with Gasteiger partial charge in [-0.2, -0.15) is 0 Å². The number of halogens is 3. The molecule has 3 aromatic rings. The van der Waals surface area contributed by atoms with Gasteiger partial charge in [0.15, 0.2) is 0 Å². The standard InChI is InChI=1S/C15H13F3N2O3S2/c1-9-6-10-7-11(23-15(16,17)18)8-12(14(10)19-9)20(2)25(21,22)13-4-3-5-24-13/h3-8,19H,1-2H3. The number of thiophene rings is 1. The number of ether oxygens (including phenoxy) is 1. The number of hydrogen-bond acceptors (Lipinski definition) is 4. The van der Waals surface area contributed by atoms with E-state index in [9.17, 15) is 21.6 Å². The fourth-order valence-corrected chi connectivity index (χ4v) is 4.81. The first-order valence-electron chi connectivity index (χ1n) is 6.99. The van der Waals surface area contributed by atoms with Gasteiger partial charge in [-0.05, 0) is 30.5 Å². The molecule has 134 valence electrons. The Morgan fingerprint density at radius 3 is 2.56 bits per heavy atom. The van der Waals surface area contributed by atoms with Gasteiger partial charge in [0.1, 0.15) is 9.96 Å². The van der Waals surface area contributed by atoms with Gasteiger partial charge in [-0.15, -0.1) is 24.5 Å². The summed E-state index contributed by atoms with van der Waals surface area (Å²) in [7, 11) is -2.61. The topological polar surface area (TPSA) is 62.4 Å². The number of H-pyrrole nitrogens is 1. The maximum atomic E-state index is 12.7. The molecule has 0 radical (unpaired) electrons. The molecule has 0 saturated heterocycles. The minimum Gasteiger partial charge on any atom is -0.406 e. The van der Waals surface area contributed by atoms with Crippen molar-refractivity contribution >= 4 is 38.0 Å². The quantitative estimate of drug-likeness (QED) is 0.724. The third kappa shape index (κ3) is 3.45. The lowest BCUT2D eigenvalue weighted by Gasteiger charge is -2.20. The highest BCUT2D eigenvalue weighted by molar-refractivity contribution is 7.94. The van der Waals surface area contributed by atoms with Crippen molar-refractivity contribution in [1.82, 2.24) is 4.98 Å². The Balaban J connectivity index is 2.16. The predicted molar refractivity (Wildman–Crippen MR) is 89.6 cm³/mol. The van der Waals surface area contributed by atoms with Crippen molar-refractivity contribution in [3.05, 3.63) is 41.4 Å². The molecule has 0 spiro atoms. The number of rotatable bonds is 4. The first kappa shape index (κ1) is 17.6. The number of nitrogens with one attached hydrogen (secondary N) is 1.